The SMILES string of the molecule is COC(=O)N(C)c1cnc(-c2nn(Cc3ccccc3F)c3ncc(F)cc23)nc1N. The summed E-state index contributed by atoms with van der Waals surface area (Å²) in [6, 6.07) is 7.50. The van der Waals surface area contributed by atoms with Crippen LogP contribution in [0.2, 0.25) is 0 Å². The van der Waals surface area contributed by atoms with E-state index in [0.29, 0.717) is 16.6 Å². The molecule has 1 aromatic carbocycles. The number of benzene rings is 1. The van der Waals surface area contributed by atoms with E-state index in [9.17, 15) is 13.6 Å². The summed E-state index contributed by atoms with van der Waals surface area (Å²) in [6.45, 7) is 0.0699. The molecule has 0 aliphatic heterocycles. The van der Waals surface area contributed by atoms with E-state index in [4.69, 9.17) is 5.73 Å². The van der Waals surface area contributed by atoms with Crippen molar-refractivity contribution in [3.63, 3.8) is 0 Å². The zero-order valence-corrected chi connectivity index (χ0v) is 16.6. The summed E-state index contributed by atoms with van der Waals surface area (Å²) < 4.78 is 34.2. The first-order valence-corrected chi connectivity index (χ1v) is 9.09. The number of methoxy groups -OCH3 is 1. The number of rotatable bonds is 4. The molecule has 0 saturated heterocycles. The Balaban J connectivity index is 1.81. The topological polar surface area (TPSA) is 112 Å². The van der Waals surface area contributed by atoms with Gasteiger partial charge in [-0.3, -0.25) is 4.90 Å². The smallest absolute Gasteiger partial charge is 0.413 e. The Morgan fingerprint density at radius 2 is 2.00 bits per heavy atom. The van der Waals surface area contributed by atoms with Gasteiger partial charge >= 0.3 is 6.09 Å². The van der Waals surface area contributed by atoms with Gasteiger partial charge in [-0.1, -0.05) is 18.2 Å². The Labute approximate surface area is 175 Å². The van der Waals surface area contributed by atoms with Crippen LogP contribution in [-0.4, -0.2) is 45.0 Å². The second-order valence-corrected chi connectivity index (χ2v) is 6.62. The van der Waals surface area contributed by atoms with Gasteiger partial charge in [0, 0.05) is 12.6 Å². The molecule has 0 spiro atoms. The van der Waals surface area contributed by atoms with E-state index in [1.165, 1.54) is 37.2 Å². The lowest BCUT2D eigenvalue weighted by atomic mass is 10.2. The fraction of sp³-hybridized carbons (Fsp3) is 0.150. The maximum atomic E-state index is 14.1. The van der Waals surface area contributed by atoms with E-state index >= 15 is 0 Å². The van der Waals surface area contributed by atoms with Crippen molar-refractivity contribution in [3.05, 3.63) is 59.9 Å². The Hall–Kier alpha value is -4.15. The van der Waals surface area contributed by atoms with Gasteiger partial charge in [-0.25, -0.2) is 33.2 Å². The van der Waals surface area contributed by atoms with Crippen LogP contribution in [0, 0.1) is 11.6 Å². The molecule has 0 aliphatic carbocycles. The summed E-state index contributed by atoms with van der Waals surface area (Å²) >= 11 is 0. The van der Waals surface area contributed by atoms with E-state index in [0.717, 1.165) is 11.1 Å². The zero-order valence-electron chi connectivity index (χ0n) is 16.6. The standard InChI is InChI=1S/C20H17F2N7O2/c1-28(20(30)31-2)15-9-24-18(26-17(15)23)16-13-7-12(21)8-25-19(13)29(27-16)10-11-5-3-4-6-14(11)22/h3-9H,10H2,1-2H3,(H2,23,24,26). The molecule has 4 aromatic rings. The third kappa shape index (κ3) is 3.72. The number of hydrogen-bond acceptors (Lipinski definition) is 7. The average Bonchev–Trinajstić information content (AvgIpc) is 3.11. The van der Waals surface area contributed by atoms with Crippen molar-refractivity contribution < 1.29 is 18.3 Å². The van der Waals surface area contributed by atoms with Gasteiger partial charge in [-0.05, 0) is 12.1 Å². The van der Waals surface area contributed by atoms with Crippen molar-refractivity contribution in [3.8, 4) is 11.5 Å². The Kier molecular flexibility index (Phi) is 5.15. The maximum absolute atomic E-state index is 14.1. The molecule has 9 nitrogen and oxygen atoms in total. The second-order valence-electron chi connectivity index (χ2n) is 6.62. The molecule has 0 bridgehead atoms. The number of amides is 1. The molecule has 158 valence electrons. The minimum Gasteiger partial charge on any atom is -0.452 e. The number of nitrogens with zero attached hydrogens (tertiary/aromatic N) is 6. The van der Waals surface area contributed by atoms with Crippen molar-refractivity contribution in [2.75, 3.05) is 24.8 Å². The first-order chi connectivity index (χ1) is 14.9. The average molecular weight is 425 g/mol. The number of halogens is 2. The Morgan fingerprint density at radius 3 is 2.71 bits per heavy atom. The van der Waals surface area contributed by atoms with Crippen molar-refractivity contribution in [1.29, 1.82) is 0 Å². The number of anilines is 2. The molecule has 0 atom stereocenters. The Bertz CT molecular complexity index is 1290. The minimum atomic E-state index is -0.645. The highest BCUT2D eigenvalue weighted by Gasteiger charge is 2.21. The first-order valence-electron chi connectivity index (χ1n) is 9.09. The molecule has 1 amide bonds. The highest BCUT2D eigenvalue weighted by Crippen LogP contribution is 2.29. The molecule has 31 heavy (non-hydrogen) atoms. The molecule has 0 unspecified atom stereocenters. The summed E-state index contributed by atoms with van der Waals surface area (Å²) in [4.78, 5) is 25.4. The molecular weight excluding hydrogens is 408 g/mol. The number of ether oxygens (including phenoxy) is 1. The van der Waals surface area contributed by atoms with Crippen molar-refractivity contribution >= 4 is 28.6 Å². The summed E-state index contributed by atoms with van der Waals surface area (Å²) in [5, 5.41) is 4.78. The van der Waals surface area contributed by atoms with Gasteiger partial charge in [0.2, 0.25) is 0 Å². The van der Waals surface area contributed by atoms with E-state index < -0.39 is 17.7 Å². The number of pyridine rings is 1. The quantitative estimate of drug-likeness (QED) is 0.535. The third-order valence-corrected chi connectivity index (χ3v) is 4.65. The fourth-order valence-electron chi connectivity index (χ4n) is 3.09. The summed E-state index contributed by atoms with van der Waals surface area (Å²) in [6.07, 6.45) is 1.74. The van der Waals surface area contributed by atoms with Gasteiger partial charge in [0.25, 0.3) is 0 Å². The summed E-state index contributed by atoms with van der Waals surface area (Å²) in [5.41, 5.74) is 7.17. The lowest BCUT2D eigenvalue weighted by molar-refractivity contribution is 0.180. The molecule has 0 saturated carbocycles. The predicted octanol–water partition coefficient (Wildman–Crippen LogP) is 3.00. The minimum absolute atomic E-state index is 0.000865. The van der Waals surface area contributed by atoms with Crippen LogP contribution in [0.5, 0.6) is 0 Å². The van der Waals surface area contributed by atoms with Gasteiger partial charge in [0.1, 0.15) is 23.0 Å². The highest BCUT2D eigenvalue weighted by molar-refractivity contribution is 5.92. The molecule has 2 N–H and O–H groups in total. The number of fused-ring (bicyclic) bond motifs is 1. The van der Waals surface area contributed by atoms with E-state index in [1.54, 1.807) is 18.2 Å². The largest absolute Gasteiger partial charge is 0.452 e. The van der Waals surface area contributed by atoms with E-state index in [2.05, 4.69) is 24.8 Å². The van der Waals surface area contributed by atoms with Crippen LogP contribution in [0.1, 0.15) is 5.56 Å². The van der Waals surface area contributed by atoms with Gasteiger partial charge in [-0.15, -0.1) is 0 Å². The summed E-state index contributed by atoms with van der Waals surface area (Å²) in [5.74, 6) is -0.872. The number of nitrogen functional groups attached to an aromatic ring is 1. The number of aromatic nitrogens is 5. The predicted molar refractivity (Wildman–Crippen MR) is 109 cm³/mol. The first kappa shape index (κ1) is 20.1. The van der Waals surface area contributed by atoms with Crippen LogP contribution >= 0.6 is 0 Å². The molecule has 0 fully saturated rings. The summed E-state index contributed by atoms with van der Waals surface area (Å²) in [7, 11) is 2.69. The van der Waals surface area contributed by atoms with Crippen LogP contribution in [-0.2, 0) is 11.3 Å². The fourth-order valence-corrected chi connectivity index (χ4v) is 3.09. The lowest BCUT2D eigenvalue weighted by Gasteiger charge is -2.16. The Morgan fingerprint density at radius 1 is 1.23 bits per heavy atom. The lowest BCUT2D eigenvalue weighted by Crippen LogP contribution is -2.27. The molecule has 0 aliphatic rings. The number of nitrogens with two attached hydrogens (primary N) is 1. The van der Waals surface area contributed by atoms with Gasteiger partial charge < -0.3 is 10.5 Å². The van der Waals surface area contributed by atoms with Gasteiger partial charge in [0.15, 0.2) is 17.3 Å². The zero-order chi connectivity index (χ0) is 22.1. The number of hydrogen-bond donors (Lipinski definition) is 1. The van der Waals surface area contributed by atoms with Crippen LogP contribution in [0.3, 0.4) is 0 Å². The number of carbonyl (C=O) groups is 1. The van der Waals surface area contributed by atoms with Crippen LogP contribution < -0.4 is 10.6 Å². The molecule has 3 aromatic heterocycles. The van der Waals surface area contributed by atoms with Crippen molar-refractivity contribution in [2.45, 2.75) is 6.54 Å². The third-order valence-electron chi connectivity index (χ3n) is 4.65. The molecule has 3 heterocycles. The molecular formula is C20H17F2N7O2. The van der Waals surface area contributed by atoms with E-state index in [1.807, 2.05) is 0 Å². The van der Waals surface area contributed by atoms with Crippen LogP contribution in [0.25, 0.3) is 22.6 Å². The van der Waals surface area contributed by atoms with Gasteiger partial charge in [-0.2, -0.15) is 5.10 Å². The molecule has 0 radical (unpaired) electrons. The number of carbonyl (C=O) groups excluding carboxylic acids is 1. The van der Waals surface area contributed by atoms with Crippen LogP contribution in [0.4, 0.5) is 25.1 Å². The normalized spacial score (nSPS) is 11.0. The maximum Gasteiger partial charge on any atom is 0.413 e. The monoisotopic (exact) mass is 425 g/mol. The van der Waals surface area contributed by atoms with Crippen molar-refractivity contribution in [2.24, 2.45) is 0 Å². The molecule has 4 rings (SSSR count). The van der Waals surface area contributed by atoms with E-state index in [-0.39, 0.29) is 29.6 Å². The second kappa shape index (κ2) is 7.94. The van der Waals surface area contributed by atoms with Crippen LogP contribution in [0.15, 0.2) is 42.7 Å². The molecule has 11 heteroatoms. The van der Waals surface area contributed by atoms with Gasteiger partial charge in [0.05, 0.1) is 31.4 Å². The van der Waals surface area contributed by atoms with Crippen molar-refractivity contribution in [1.82, 2.24) is 24.7 Å². The highest BCUT2D eigenvalue weighted by atomic mass is 19.1.